The lowest BCUT2D eigenvalue weighted by molar-refractivity contribution is 0.298. The molecule has 1 unspecified atom stereocenters. The van der Waals surface area contributed by atoms with E-state index in [1.54, 1.807) is 0 Å². The average Bonchev–Trinajstić information content (AvgIpc) is 2.70. The molecule has 0 heterocycles. The number of hydrogen-bond acceptors (Lipinski definition) is 1. The molecule has 0 bridgehead atoms. The van der Waals surface area contributed by atoms with E-state index in [9.17, 15) is 0 Å². The maximum atomic E-state index is 6.47. The molecule has 1 nitrogen and oxygen atoms in total. The first-order chi connectivity index (χ1) is 14.7. The van der Waals surface area contributed by atoms with Gasteiger partial charge in [-0.05, 0) is 67.8 Å². The monoisotopic (exact) mass is 450 g/mol. The molecule has 0 radical (unpaired) electrons. The third kappa shape index (κ3) is 6.19. The quantitative estimate of drug-likeness (QED) is 0.320. The molecule has 3 rings (SSSR count). The molecule has 0 fully saturated rings. The van der Waals surface area contributed by atoms with E-state index in [0.29, 0.717) is 15.2 Å². The van der Waals surface area contributed by atoms with Gasteiger partial charge in [-0.3, -0.25) is 0 Å². The summed E-state index contributed by atoms with van der Waals surface area (Å²) < 4.78 is 6.47. The van der Waals surface area contributed by atoms with Crippen molar-refractivity contribution in [3.63, 3.8) is 0 Å². The minimum Gasteiger partial charge on any atom is -0.488 e. The van der Waals surface area contributed by atoms with Crippen molar-refractivity contribution in [1.82, 2.24) is 0 Å². The van der Waals surface area contributed by atoms with E-state index in [1.807, 2.05) is 0 Å². The molecule has 31 heavy (non-hydrogen) atoms. The van der Waals surface area contributed by atoms with Crippen molar-refractivity contribution in [2.24, 2.45) is 0 Å². The van der Waals surface area contributed by atoms with Crippen LogP contribution >= 0.6 is 16.5 Å². The van der Waals surface area contributed by atoms with Crippen molar-refractivity contribution in [3.05, 3.63) is 94.0 Å². The van der Waals surface area contributed by atoms with Gasteiger partial charge in [0.05, 0.1) is 0 Å². The van der Waals surface area contributed by atoms with E-state index >= 15 is 0 Å². The summed E-state index contributed by atoms with van der Waals surface area (Å²) in [5.41, 5.74) is 7.99. The Morgan fingerprint density at radius 3 is 2.26 bits per heavy atom. The van der Waals surface area contributed by atoms with Gasteiger partial charge in [0.1, 0.15) is 12.4 Å². The average molecular weight is 451 g/mol. The molecule has 0 aliphatic carbocycles. The zero-order valence-electron chi connectivity index (χ0n) is 20.0. The number of hydrogen-bond donors (Lipinski definition) is 0. The van der Waals surface area contributed by atoms with Crippen molar-refractivity contribution in [1.29, 1.82) is 0 Å². The standard InChI is InChI=1S/C28H36OP2/c1-20-16-22(3)26(29-18-23-13-9-8-10-14-23)25(17-20)28(4,5)30-27-21(2)12-11-15-24(27)19-31(6)7/h8-17,30H,18-19H2,1-7H3. The van der Waals surface area contributed by atoms with Crippen LogP contribution in [0, 0.1) is 20.8 Å². The molecule has 1 atom stereocenters. The summed E-state index contributed by atoms with van der Waals surface area (Å²) in [5.74, 6) is 1.05. The Morgan fingerprint density at radius 2 is 1.58 bits per heavy atom. The molecule has 3 aromatic carbocycles. The Bertz CT molecular complexity index is 1020. The Kier molecular flexibility index (Phi) is 7.96. The van der Waals surface area contributed by atoms with Crippen LogP contribution in [0.5, 0.6) is 5.75 Å². The summed E-state index contributed by atoms with van der Waals surface area (Å²) in [6, 6.07) is 21.9. The van der Waals surface area contributed by atoms with Crippen LogP contribution in [0.3, 0.4) is 0 Å². The van der Waals surface area contributed by atoms with Gasteiger partial charge in [-0.2, -0.15) is 0 Å². The molecular weight excluding hydrogens is 414 g/mol. The topological polar surface area (TPSA) is 9.23 Å². The zero-order chi connectivity index (χ0) is 22.6. The Balaban J connectivity index is 1.97. The van der Waals surface area contributed by atoms with Gasteiger partial charge in [0, 0.05) is 10.7 Å². The zero-order valence-corrected chi connectivity index (χ0v) is 21.9. The van der Waals surface area contributed by atoms with E-state index in [-0.39, 0.29) is 13.1 Å². The molecule has 0 amide bonds. The minimum atomic E-state index is -0.00605. The van der Waals surface area contributed by atoms with Crippen LogP contribution in [0.25, 0.3) is 0 Å². The van der Waals surface area contributed by atoms with E-state index in [0.717, 1.165) is 5.75 Å². The fraction of sp³-hybridized carbons (Fsp3) is 0.357. The van der Waals surface area contributed by atoms with E-state index in [4.69, 9.17) is 4.74 Å². The first kappa shape index (κ1) is 24.0. The van der Waals surface area contributed by atoms with Gasteiger partial charge < -0.3 is 4.74 Å². The van der Waals surface area contributed by atoms with Crippen LogP contribution in [0.1, 0.15) is 47.2 Å². The summed E-state index contributed by atoms with van der Waals surface area (Å²) in [6.45, 7) is 16.7. The van der Waals surface area contributed by atoms with E-state index in [2.05, 4.69) is 109 Å². The van der Waals surface area contributed by atoms with Crippen molar-refractivity contribution in [2.45, 2.75) is 52.5 Å². The lowest BCUT2D eigenvalue weighted by Gasteiger charge is -2.31. The molecule has 164 valence electrons. The lowest BCUT2D eigenvalue weighted by Crippen LogP contribution is -2.20. The van der Waals surface area contributed by atoms with Gasteiger partial charge in [0.25, 0.3) is 0 Å². The van der Waals surface area contributed by atoms with Crippen LogP contribution in [0.2, 0.25) is 0 Å². The molecule has 3 heteroatoms. The van der Waals surface area contributed by atoms with Crippen LogP contribution < -0.4 is 10.0 Å². The van der Waals surface area contributed by atoms with Crippen molar-refractivity contribution < 1.29 is 4.74 Å². The summed E-state index contributed by atoms with van der Waals surface area (Å²) in [5, 5.41) is 1.53. The summed E-state index contributed by atoms with van der Waals surface area (Å²) in [4.78, 5) is 0. The molecule has 0 spiro atoms. The second-order valence-corrected chi connectivity index (χ2v) is 13.8. The predicted octanol–water partition coefficient (Wildman–Crippen LogP) is 7.67. The first-order valence-corrected chi connectivity index (χ1v) is 14.4. The van der Waals surface area contributed by atoms with Gasteiger partial charge >= 0.3 is 0 Å². The highest BCUT2D eigenvalue weighted by molar-refractivity contribution is 7.55. The van der Waals surface area contributed by atoms with Gasteiger partial charge in [-0.1, -0.05) is 88.7 Å². The molecule has 0 N–H and O–H groups in total. The summed E-state index contributed by atoms with van der Waals surface area (Å²) in [6.07, 6.45) is 1.19. The van der Waals surface area contributed by atoms with Gasteiger partial charge in [-0.25, -0.2) is 0 Å². The Morgan fingerprint density at radius 1 is 0.871 bits per heavy atom. The largest absolute Gasteiger partial charge is 0.488 e. The molecule has 0 aliphatic heterocycles. The molecule has 3 aromatic rings. The van der Waals surface area contributed by atoms with Gasteiger partial charge in [-0.15, -0.1) is 7.92 Å². The van der Waals surface area contributed by atoms with Gasteiger partial charge in [0.15, 0.2) is 0 Å². The molecular formula is C28H36OP2. The maximum absolute atomic E-state index is 6.47. The maximum Gasteiger partial charge on any atom is 0.126 e. The fourth-order valence-electron chi connectivity index (χ4n) is 4.10. The predicted molar refractivity (Wildman–Crippen MR) is 141 cm³/mol. The lowest BCUT2D eigenvalue weighted by atomic mass is 9.96. The van der Waals surface area contributed by atoms with Gasteiger partial charge in [0.2, 0.25) is 0 Å². The van der Waals surface area contributed by atoms with Crippen LogP contribution in [0.15, 0.2) is 60.7 Å². The number of ether oxygens (including phenoxy) is 1. The van der Waals surface area contributed by atoms with Crippen molar-refractivity contribution in [2.75, 3.05) is 13.3 Å². The molecule has 0 aliphatic rings. The van der Waals surface area contributed by atoms with E-state index < -0.39 is 0 Å². The second kappa shape index (κ2) is 10.3. The Hall–Kier alpha value is -1.68. The highest BCUT2D eigenvalue weighted by Gasteiger charge is 2.28. The third-order valence-corrected chi connectivity index (χ3v) is 8.43. The van der Waals surface area contributed by atoms with Crippen LogP contribution in [0.4, 0.5) is 0 Å². The number of benzene rings is 3. The van der Waals surface area contributed by atoms with Crippen molar-refractivity contribution >= 4 is 21.8 Å². The Labute approximate surface area is 192 Å². The smallest absolute Gasteiger partial charge is 0.126 e. The van der Waals surface area contributed by atoms with Crippen LogP contribution in [-0.2, 0) is 17.9 Å². The first-order valence-electron chi connectivity index (χ1n) is 11.0. The fourth-order valence-corrected chi connectivity index (χ4v) is 6.75. The normalized spacial score (nSPS) is 12.1. The highest BCUT2D eigenvalue weighted by Crippen LogP contribution is 2.47. The number of aryl methyl sites for hydroxylation is 3. The van der Waals surface area contributed by atoms with Crippen LogP contribution in [-0.4, -0.2) is 13.3 Å². The third-order valence-electron chi connectivity index (χ3n) is 5.60. The summed E-state index contributed by atoms with van der Waals surface area (Å²) in [7, 11) is 0.727. The number of rotatable bonds is 8. The molecule has 0 saturated heterocycles. The highest BCUT2D eigenvalue weighted by atomic mass is 31.1. The SMILES string of the molecule is Cc1cc(C)c(OCc2ccccc2)c(C(C)(C)Pc2c(C)cccc2CP(C)C)c1. The van der Waals surface area contributed by atoms with Crippen molar-refractivity contribution in [3.8, 4) is 5.75 Å². The minimum absolute atomic E-state index is 0.00605. The van der Waals surface area contributed by atoms with E-state index in [1.165, 1.54) is 44.8 Å². The second-order valence-electron chi connectivity index (χ2n) is 9.33. The summed E-state index contributed by atoms with van der Waals surface area (Å²) >= 11 is 0. The molecule has 0 saturated carbocycles. The molecule has 0 aromatic heterocycles.